The van der Waals surface area contributed by atoms with Crippen molar-refractivity contribution in [3.8, 4) is 5.75 Å². The molecular weight excluding hydrogens is 388 g/mol. The number of hydrogen-bond donors (Lipinski definition) is 1. The normalized spacial score (nSPS) is 11.8. The molecule has 1 N–H and O–H groups in total. The lowest BCUT2D eigenvalue weighted by Crippen LogP contribution is -2.49. The lowest BCUT2D eigenvalue weighted by Gasteiger charge is -2.28. The van der Waals surface area contributed by atoms with Crippen LogP contribution in [0.3, 0.4) is 0 Å². The first-order valence-electron chi connectivity index (χ1n) is 9.86. The third-order valence-corrected chi connectivity index (χ3v) is 4.90. The minimum Gasteiger partial charge on any atom is -0.484 e. The summed E-state index contributed by atoms with van der Waals surface area (Å²) in [5.74, 6) is 0.578. The van der Waals surface area contributed by atoms with Gasteiger partial charge in [0.15, 0.2) is 6.61 Å². The van der Waals surface area contributed by atoms with Crippen LogP contribution in [-0.2, 0) is 16.1 Å². The average molecular weight is 417 g/mol. The van der Waals surface area contributed by atoms with Crippen molar-refractivity contribution < 1.29 is 14.3 Å². The van der Waals surface area contributed by atoms with Gasteiger partial charge in [-0.25, -0.2) is 0 Å². The van der Waals surface area contributed by atoms with Gasteiger partial charge in [0.05, 0.1) is 0 Å². The lowest BCUT2D eigenvalue weighted by molar-refractivity contribution is -0.142. The molecule has 0 radical (unpaired) electrons. The van der Waals surface area contributed by atoms with Gasteiger partial charge in [-0.2, -0.15) is 0 Å². The van der Waals surface area contributed by atoms with Crippen molar-refractivity contribution in [1.82, 2.24) is 10.2 Å². The summed E-state index contributed by atoms with van der Waals surface area (Å²) in [6, 6.07) is 14.3. The highest BCUT2D eigenvalue weighted by molar-refractivity contribution is 6.30. The van der Waals surface area contributed by atoms with Crippen molar-refractivity contribution in [1.29, 1.82) is 0 Å². The van der Waals surface area contributed by atoms with E-state index in [2.05, 4.69) is 19.2 Å². The number of amides is 2. The van der Waals surface area contributed by atoms with Crippen LogP contribution in [0.2, 0.25) is 5.02 Å². The predicted octanol–water partition coefficient (Wildman–Crippen LogP) is 4.40. The maximum Gasteiger partial charge on any atom is 0.261 e. The standard InChI is InChI=1S/C23H29ClN2O3/c1-5-25-23(28)17(4)26(14-18-7-6-8-20(24)13-18)22(27)15-29-21-11-9-19(10-12-21)16(2)3/h6-13,16-17H,5,14-15H2,1-4H3,(H,25,28)/t17-/m0/s1. The van der Waals surface area contributed by atoms with Crippen molar-refractivity contribution in [2.75, 3.05) is 13.2 Å². The molecule has 2 aromatic rings. The Morgan fingerprint density at radius 3 is 2.38 bits per heavy atom. The monoisotopic (exact) mass is 416 g/mol. The number of nitrogens with one attached hydrogen (secondary N) is 1. The molecule has 0 saturated carbocycles. The molecule has 0 aliphatic carbocycles. The van der Waals surface area contributed by atoms with Crippen LogP contribution in [0.15, 0.2) is 48.5 Å². The largest absolute Gasteiger partial charge is 0.484 e. The summed E-state index contributed by atoms with van der Waals surface area (Å²) >= 11 is 6.07. The van der Waals surface area contributed by atoms with Crippen molar-refractivity contribution in [3.05, 3.63) is 64.7 Å². The summed E-state index contributed by atoms with van der Waals surface area (Å²) in [5, 5.41) is 3.35. The Bertz CT molecular complexity index is 821. The molecule has 0 aromatic heterocycles. The summed E-state index contributed by atoms with van der Waals surface area (Å²) in [6.45, 7) is 8.42. The minimum atomic E-state index is -0.631. The third kappa shape index (κ3) is 6.79. The molecule has 2 rings (SSSR count). The van der Waals surface area contributed by atoms with Crippen LogP contribution in [0.4, 0.5) is 0 Å². The van der Waals surface area contributed by atoms with Gasteiger partial charge < -0.3 is 15.0 Å². The molecule has 0 aliphatic rings. The fraction of sp³-hybridized carbons (Fsp3) is 0.391. The van der Waals surface area contributed by atoms with Crippen molar-refractivity contribution >= 4 is 23.4 Å². The average Bonchev–Trinajstić information content (AvgIpc) is 2.70. The fourth-order valence-electron chi connectivity index (χ4n) is 2.91. The molecule has 0 unspecified atom stereocenters. The summed E-state index contributed by atoms with van der Waals surface area (Å²) in [4.78, 5) is 26.8. The molecule has 2 amide bonds. The van der Waals surface area contributed by atoms with Gasteiger partial charge >= 0.3 is 0 Å². The van der Waals surface area contributed by atoms with E-state index < -0.39 is 6.04 Å². The zero-order valence-corrected chi connectivity index (χ0v) is 18.2. The number of benzene rings is 2. The van der Waals surface area contributed by atoms with Crippen molar-refractivity contribution in [2.24, 2.45) is 0 Å². The Kier molecular flexibility index (Phi) is 8.52. The second-order valence-corrected chi connectivity index (χ2v) is 7.67. The van der Waals surface area contributed by atoms with Gasteiger partial charge in [-0.15, -0.1) is 0 Å². The van der Waals surface area contributed by atoms with Gasteiger partial charge in [0, 0.05) is 18.1 Å². The summed E-state index contributed by atoms with van der Waals surface area (Å²) in [5.41, 5.74) is 2.06. The SMILES string of the molecule is CCNC(=O)[C@H](C)N(Cc1cccc(Cl)c1)C(=O)COc1ccc(C(C)C)cc1. The van der Waals surface area contributed by atoms with Crippen LogP contribution in [0.1, 0.15) is 44.7 Å². The Labute approximate surface area is 178 Å². The van der Waals surface area contributed by atoms with Crippen LogP contribution in [0.25, 0.3) is 0 Å². The number of rotatable bonds is 9. The number of nitrogens with zero attached hydrogens (tertiary/aromatic N) is 1. The van der Waals surface area contributed by atoms with E-state index in [1.165, 1.54) is 10.5 Å². The highest BCUT2D eigenvalue weighted by atomic mass is 35.5. The number of likely N-dealkylation sites (N-methyl/N-ethyl adjacent to an activating group) is 1. The van der Waals surface area contributed by atoms with Crippen molar-refractivity contribution in [2.45, 2.75) is 46.2 Å². The first-order chi connectivity index (χ1) is 13.8. The summed E-state index contributed by atoms with van der Waals surface area (Å²) in [6.07, 6.45) is 0. The highest BCUT2D eigenvalue weighted by Gasteiger charge is 2.26. The molecule has 0 heterocycles. The van der Waals surface area contributed by atoms with Gasteiger partial charge in [0.2, 0.25) is 5.91 Å². The predicted molar refractivity (Wildman–Crippen MR) is 116 cm³/mol. The van der Waals surface area contributed by atoms with E-state index >= 15 is 0 Å². The Morgan fingerprint density at radius 1 is 1.10 bits per heavy atom. The number of halogens is 1. The Balaban J connectivity index is 2.11. The second-order valence-electron chi connectivity index (χ2n) is 7.23. The van der Waals surface area contributed by atoms with Gasteiger partial charge in [-0.1, -0.05) is 49.7 Å². The second kappa shape index (κ2) is 10.9. The first-order valence-corrected chi connectivity index (χ1v) is 10.2. The summed E-state index contributed by atoms with van der Waals surface area (Å²) < 4.78 is 5.69. The molecule has 0 fully saturated rings. The highest BCUT2D eigenvalue weighted by Crippen LogP contribution is 2.19. The number of carbonyl (C=O) groups is 2. The quantitative estimate of drug-likeness (QED) is 0.659. The van der Waals surface area contributed by atoms with Gasteiger partial charge in [-0.05, 0) is 55.2 Å². The first kappa shape index (κ1) is 22.8. The molecule has 6 heteroatoms. The number of ether oxygens (including phenoxy) is 1. The van der Waals surface area contributed by atoms with E-state index in [-0.39, 0.29) is 25.0 Å². The van der Waals surface area contributed by atoms with E-state index in [0.29, 0.717) is 23.2 Å². The topological polar surface area (TPSA) is 58.6 Å². The van der Waals surface area contributed by atoms with Gasteiger partial charge in [0.25, 0.3) is 5.91 Å². The van der Waals surface area contributed by atoms with E-state index in [4.69, 9.17) is 16.3 Å². The molecule has 0 saturated heterocycles. The van der Waals surface area contributed by atoms with E-state index in [1.807, 2.05) is 43.3 Å². The molecule has 0 spiro atoms. The smallest absolute Gasteiger partial charge is 0.261 e. The molecule has 0 aliphatic heterocycles. The molecule has 0 bridgehead atoms. The Hall–Kier alpha value is -2.53. The summed E-state index contributed by atoms with van der Waals surface area (Å²) in [7, 11) is 0. The molecule has 5 nitrogen and oxygen atoms in total. The lowest BCUT2D eigenvalue weighted by atomic mass is 10.0. The molecular formula is C23H29ClN2O3. The maximum absolute atomic E-state index is 12.9. The molecule has 1 atom stereocenters. The maximum atomic E-state index is 12.9. The van der Waals surface area contributed by atoms with Crippen LogP contribution >= 0.6 is 11.6 Å². The minimum absolute atomic E-state index is 0.147. The van der Waals surface area contributed by atoms with E-state index in [0.717, 1.165) is 5.56 Å². The molecule has 2 aromatic carbocycles. The van der Waals surface area contributed by atoms with Crippen LogP contribution in [-0.4, -0.2) is 35.9 Å². The zero-order valence-electron chi connectivity index (χ0n) is 17.4. The third-order valence-electron chi connectivity index (χ3n) is 4.67. The van der Waals surface area contributed by atoms with E-state index in [1.54, 1.807) is 19.1 Å². The number of hydrogen-bond acceptors (Lipinski definition) is 3. The van der Waals surface area contributed by atoms with Crippen LogP contribution in [0, 0.1) is 0 Å². The van der Waals surface area contributed by atoms with Crippen LogP contribution < -0.4 is 10.1 Å². The Morgan fingerprint density at radius 2 is 1.79 bits per heavy atom. The zero-order chi connectivity index (χ0) is 21.4. The van der Waals surface area contributed by atoms with Crippen LogP contribution in [0.5, 0.6) is 5.75 Å². The van der Waals surface area contributed by atoms with Gasteiger partial charge in [0.1, 0.15) is 11.8 Å². The van der Waals surface area contributed by atoms with E-state index in [9.17, 15) is 9.59 Å². The fourth-order valence-corrected chi connectivity index (χ4v) is 3.13. The molecule has 29 heavy (non-hydrogen) atoms. The molecule has 156 valence electrons. The number of carbonyl (C=O) groups excluding carboxylic acids is 2. The van der Waals surface area contributed by atoms with Crippen molar-refractivity contribution in [3.63, 3.8) is 0 Å². The van der Waals surface area contributed by atoms with Gasteiger partial charge in [-0.3, -0.25) is 9.59 Å².